The summed E-state index contributed by atoms with van der Waals surface area (Å²) >= 11 is 6.78. The Kier molecular flexibility index (Phi) is 6.90. The minimum Gasteiger partial charge on any atom is -0.456 e. The first-order chi connectivity index (χ1) is 12.5. The summed E-state index contributed by atoms with van der Waals surface area (Å²) in [6.45, 7) is 2.00. The Morgan fingerprint density at radius 3 is 2.30 bits per heavy atom. The van der Waals surface area contributed by atoms with E-state index in [4.69, 9.17) is 16.3 Å². The van der Waals surface area contributed by atoms with Crippen molar-refractivity contribution in [3.8, 4) is 11.5 Å². The van der Waals surface area contributed by atoms with Gasteiger partial charge in [0.15, 0.2) is 0 Å². The number of benzene rings is 2. The third-order valence-corrected chi connectivity index (χ3v) is 6.35. The number of hydrogen-bond donors (Lipinski definition) is 1. The van der Waals surface area contributed by atoms with Crippen LogP contribution in [0, 0.1) is 0 Å². The Bertz CT molecular complexity index is 891. The Balaban J connectivity index is 2.04. The van der Waals surface area contributed by atoms with Crippen molar-refractivity contribution in [2.24, 2.45) is 0 Å². The highest BCUT2D eigenvalue weighted by atomic mass is 35.5. The number of anilines is 1. The number of rotatable bonds is 7. The quantitative estimate of drug-likeness (QED) is 0.583. The molecule has 0 unspecified atom stereocenters. The van der Waals surface area contributed by atoms with Crippen molar-refractivity contribution in [2.45, 2.75) is 13.1 Å². The first kappa shape index (κ1) is 21.7. The highest BCUT2D eigenvalue weighted by molar-refractivity contribution is 8.09. The zero-order valence-corrected chi connectivity index (χ0v) is 16.6. The average molecular weight is 441 g/mol. The number of sulfonamides is 1. The van der Waals surface area contributed by atoms with Crippen molar-refractivity contribution in [1.29, 1.82) is 0 Å². The van der Waals surface area contributed by atoms with Gasteiger partial charge in [0.1, 0.15) is 11.5 Å². The molecule has 2 aromatic rings. The lowest BCUT2D eigenvalue weighted by molar-refractivity contribution is -0.137. The van der Waals surface area contributed by atoms with Crippen LogP contribution in [0.3, 0.4) is 0 Å². The molecule has 0 saturated heterocycles. The summed E-state index contributed by atoms with van der Waals surface area (Å²) in [7, 11) is -3.34. The molecule has 0 atom stereocenters. The molecule has 2 aromatic carbocycles. The van der Waals surface area contributed by atoms with E-state index in [1.165, 1.54) is 3.71 Å². The predicted molar refractivity (Wildman–Crippen MR) is 101 cm³/mol. The van der Waals surface area contributed by atoms with Crippen LogP contribution in [0.15, 0.2) is 42.5 Å². The van der Waals surface area contributed by atoms with E-state index < -0.39 is 21.8 Å². The van der Waals surface area contributed by atoms with Crippen molar-refractivity contribution in [3.05, 3.63) is 53.1 Å². The minimum atomic E-state index is -4.48. The van der Waals surface area contributed by atoms with Gasteiger partial charge >= 0.3 is 6.18 Å². The van der Waals surface area contributed by atoms with Crippen molar-refractivity contribution < 1.29 is 26.3 Å². The molecule has 0 fully saturated rings. The molecule has 0 saturated carbocycles. The van der Waals surface area contributed by atoms with E-state index in [-0.39, 0.29) is 10.8 Å². The highest BCUT2D eigenvalue weighted by Crippen LogP contribution is 2.36. The van der Waals surface area contributed by atoms with E-state index in [0.717, 1.165) is 36.6 Å². The predicted octanol–water partition coefficient (Wildman–Crippen LogP) is 5.41. The van der Waals surface area contributed by atoms with E-state index in [9.17, 15) is 21.6 Å². The Hall–Kier alpha value is -1.62. The summed E-state index contributed by atoms with van der Waals surface area (Å²) in [5.41, 5.74) is -0.240. The van der Waals surface area contributed by atoms with Crippen LogP contribution >= 0.6 is 23.7 Å². The van der Waals surface area contributed by atoms with Crippen LogP contribution in [0.4, 0.5) is 18.9 Å². The molecule has 11 heteroatoms. The molecular weight excluding hydrogens is 425 g/mol. The molecule has 0 aliphatic rings. The maximum Gasteiger partial charge on any atom is 0.416 e. The van der Waals surface area contributed by atoms with Crippen LogP contribution < -0.4 is 9.46 Å². The number of alkyl halides is 3. The third-order valence-electron chi connectivity index (χ3n) is 3.23. The number of halogens is 4. The number of ether oxygens (including phenoxy) is 1. The smallest absolute Gasteiger partial charge is 0.416 e. The zero-order valence-electron chi connectivity index (χ0n) is 14.2. The molecule has 148 valence electrons. The molecule has 0 aliphatic heterocycles. The van der Waals surface area contributed by atoms with Gasteiger partial charge in [-0.2, -0.15) is 13.2 Å². The van der Waals surface area contributed by atoms with Crippen molar-refractivity contribution in [3.63, 3.8) is 0 Å². The molecule has 27 heavy (non-hydrogen) atoms. The van der Waals surface area contributed by atoms with E-state index in [1.54, 1.807) is 31.2 Å². The van der Waals surface area contributed by atoms with Gasteiger partial charge in [-0.3, -0.25) is 0 Å². The Labute approximate surface area is 164 Å². The van der Waals surface area contributed by atoms with Crippen molar-refractivity contribution in [1.82, 2.24) is 3.71 Å². The topological polar surface area (TPSA) is 58.6 Å². The molecule has 1 N–H and O–H groups in total. The molecule has 2 rings (SSSR count). The SMILES string of the molecule is CCN(SNc1ccc(Oc2ccc(C(F)(F)F)cc2Cl)cc1)S(C)(=O)=O. The van der Waals surface area contributed by atoms with E-state index >= 15 is 0 Å². The summed E-state index contributed by atoms with van der Waals surface area (Å²) in [5, 5.41) is -0.158. The molecule has 0 amide bonds. The number of nitrogens with one attached hydrogen (secondary N) is 1. The standard InChI is InChI=1S/C16H16ClF3N2O3S2/c1-3-22(27(2,23)24)26-21-12-5-7-13(8-6-12)25-15-9-4-11(10-14(15)17)16(18,19)20/h4-10,21H,3H2,1-2H3. The van der Waals surface area contributed by atoms with Crippen LogP contribution in [-0.4, -0.2) is 24.9 Å². The lowest BCUT2D eigenvalue weighted by Crippen LogP contribution is -2.24. The van der Waals surface area contributed by atoms with Gasteiger partial charge in [-0.15, -0.1) is 3.71 Å². The first-order valence-corrected chi connectivity index (χ1v) is 10.6. The normalized spacial score (nSPS) is 12.3. The summed E-state index contributed by atoms with van der Waals surface area (Å²) in [4.78, 5) is 0. The summed E-state index contributed by atoms with van der Waals surface area (Å²) in [5.74, 6) is 0.455. The lowest BCUT2D eigenvalue weighted by atomic mass is 10.2. The molecule has 0 radical (unpaired) electrons. The second kappa shape index (κ2) is 8.59. The van der Waals surface area contributed by atoms with Gasteiger partial charge in [-0.1, -0.05) is 18.5 Å². The Morgan fingerprint density at radius 1 is 1.19 bits per heavy atom. The van der Waals surface area contributed by atoms with Gasteiger partial charge in [-0.05, 0) is 42.5 Å². The largest absolute Gasteiger partial charge is 0.456 e. The fraction of sp³-hybridized carbons (Fsp3) is 0.250. The van der Waals surface area contributed by atoms with E-state index in [1.807, 2.05) is 0 Å². The van der Waals surface area contributed by atoms with E-state index in [0.29, 0.717) is 18.0 Å². The zero-order chi connectivity index (χ0) is 20.2. The van der Waals surface area contributed by atoms with Gasteiger partial charge < -0.3 is 9.46 Å². The second-order valence-corrected chi connectivity index (χ2v) is 8.72. The molecule has 0 spiro atoms. The maximum absolute atomic E-state index is 12.7. The van der Waals surface area contributed by atoms with Gasteiger partial charge in [0.25, 0.3) is 0 Å². The van der Waals surface area contributed by atoms with Gasteiger partial charge in [0, 0.05) is 12.2 Å². The van der Waals surface area contributed by atoms with Crippen LogP contribution in [0.25, 0.3) is 0 Å². The van der Waals surface area contributed by atoms with Gasteiger partial charge in [0.05, 0.1) is 29.0 Å². The van der Waals surface area contributed by atoms with Gasteiger partial charge in [0.2, 0.25) is 10.0 Å². The average Bonchev–Trinajstić information content (AvgIpc) is 2.56. The fourth-order valence-corrected chi connectivity index (χ4v) is 3.76. The highest BCUT2D eigenvalue weighted by Gasteiger charge is 2.31. The monoisotopic (exact) mass is 440 g/mol. The minimum absolute atomic E-state index is 0.0917. The second-order valence-electron chi connectivity index (χ2n) is 5.34. The molecule has 0 bridgehead atoms. The molecular formula is C16H16ClF3N2O3S2. The molecule has 0 heterocycles. The molecule has 0 aromatic heterocycles. The van der Waals surface area contributed by atoms with Crippen LogP contribution in [0.5, 0.6) is 11.5 Å². The fourth-order valence-electron chi connectivity index (χ4n) is 1.95. The summed E-state index contributed by atoms with van der Waals surface area (Å²) < 4.78 is 70.6. The maximum atomic E-state index is 12.7. The van der Waals surface area contributed by atoms with Crippen molar-refractivity contribution in [2.75, 3.05) is 17.5 Å². The van der Waals surface area contributed by atoms with Crippen molar-refractivity contribution >= 4 is 39.4 Å². The number of nitrogens with zero attached hydrogens (tertiary/aromatic N) is 1. The Morgan fingerprint density at radius 2 is 1.81 bits per heavy atom. The first-order valence-electron chi connectivity index (χ1n) is 7.56. The summed E-state index contributed by atoms with van der Waals surface area (Å²) in [6.07, 6.45) is -3.37. The van der Waals surface area contributed by atoms with Crippen LogP contribution in [0.2, 0.25) is 5.02 Å². The third kappa shape index (κ3) is 6.20. The van der Waals surface area contributed by atoms with Gasteiger partial charge in [-0.25, -0.2) is 8.42 Å². The lowest BCUT2D eigenvalue weighted by Gasteiger charge is -2.17. The van der Waals surface area contributed by atoms with E-state index in [2.05, 4.69) is 4.72 Å². The number of hydrogen-bond acceptors (Lipinski definition) is 5. The summed E-state index contributed by atoms with van der Waals surface area (Å²) in [6, 6.07) is 9.26. The van der Waals surface area contributed by atoms with Crippen LogP contribution in [0.1, 0.15) is 12.5 Å². The molecule has 5 nitrogen and oxygen atoms in total. The van der Waals surface area contributed by atoms with Crippen LogP contribution in [-0.2, 0) is 16.2 Å². The molecule has 0 aliphatic carbocycles.